The van der Waals surface area contributed by atoms with Crippen LogP contribution in [-0.4, -0.2) is 55.1 Å². The Labute approximate surface area is 145 Å². The average Bonchev–Trinajstić information content (AvgIpc) is 2.57. The van der Waals surface area contributed by atoms with Gasteiger partial charge in [-0.2, -0.15) is 0 Å². The molecule has 4 nitrogen and oxygen atoms in total. The predicted octanol–water partition coefficient (Wildman–Crippen LogP) is 3.13. The molecule has 0 spiro atoms. The van der Waals surface area contributed by atoms with E-state index in [1.807, 2.05) is 17.0 Å². The van der Waals surface area contributed by atoms with Gasteiger partial charge >= 0.3 is 6.03 Å². The summed E-state index contributed by atoms with van der Waals surface area (Å²) in [7, 11) is 0. The fourth-order valence-corrected chi connectivity index (χ4v) is 2.91. The number of hydrogen-bond donors (Lipinski definition) is 1. The van der Waals surface area contributed by atoms with Crippen LogP contribution >= 0.6 is 0 Å². The number of nitrogens with one attached hydrogen (secondary N) is 1. The van der Waals surface area contributed by atoms with Crippen LogP contribution in [0.15, 0.2) is 24.3 Å². The first kappa shape index (κ1) is 18.7. The lowest BCUT2D eigenvalue weighted by molar-refractivity contribution is 0.138. The van der Waals surface area contributed by atoms with Crippen LogP contribution in [0.5, 0.6) is 0 Å². The Morgan fingerprint density at radius 1 is 1.17 bits per heavy atom. The number of halogens is 1. The van der Waals surface area contributed by atoms with Gasteiger partial charge in [0, 0.05) is 32.7 Å². The van der Waals surface area contributed by atoms with Gasteiger partial charge in [0.15, 0.2) is 0 Å². The molecular weight excluding hydrogens is 305 g/mol. The summed E-state index contributed by atoms with van der Waals surface area (Å²) in [6.07, 6.45) is 3.05. The molecule has 2 amide bonds. The van der Waals surface area contributed by atoms with Crippen molar-refractivity contribution in [2.75, 3.05) is 39.3 Å². The van der Waals surface area contributed by atoms with E-state index in [1.165, 1.54) is 17.7 Å². The molecule has 0 unspecified atom stereocenters. The molecule has 1 aromatic carbocycles. The van der Waals surface area contributed by atoms with Crippen LogP contribution in [0.4, 0.5) is 9.18 Å². The Hall–Kier alpha value is -1.62. The van der Waals surface area contributed by atoms with Gasteiger partial charge in [0.2, 0.25) is 0 Å². The van der Waals surface area contributed by atoms with E-state index in [-0.39, 0.29) is 11.8 Å². The van der Waals surface area contributed by atoms with Gasteiger partial charge in [-0.15, -0.1) is 0 Å². The monoisotopic (exact) mass is 335 g/mol. The number of carbonyl (C=O) groups excluding carboxylic acids is 1. The highest BCUT2D eigenvalue weighted by atomic mass is 19.1. The van der Waals surface area contributed by atoms with E-state index < -0.39 is 0 Å². The maximum Gasteiger partial charge on any atom is 0.317 e. The summed E-state index contributed by atoms with van der Waals surface area (Å²) in [6, 6.07) is 6.82. The second-order valence-electron chi connectivity index (χ2n) is 6.97. The molecule has 1 aliphatic rings. The molecule has 2 rings (SSSR count). The minimum Gasteiger partial charge on any atom is -0.338 e. The minimum absolute atomic E-state index is 0.0709. The lowest BCUT2D eigenvalue weighted by Crippen LogP contribution is -2.52. The molecule has 0 saturated carbocycles. The number of nitrogens with zero attached hydrogens (tertiary/aromatic N) is 2. The van der Waals surface area contributed by atoms with Crippen LogP contribution in [0.25, 0.3) is 0 Å². The van der Waals surface area contributed by atoms with E-state index >= 15 is 0 Å². The van der Waals surface area contributed by atoms with Crippen molar-refractivity contribution in [1.82, 2.24) is 15.1 Å². The van der Waals surface area contributed by atoms with Gasteiger partial charge in [0.05, 0.1) is 0 Å². The number of carbonyl (C=O) groups is 1. The van der Waals surface area contributed by atoms with Crippen LogP contribution in [0.1, 0.15) is 32.3 Å². The standard InChI is InChI=1S/C19H30FN3O/c1-16(2)9-10-21-19(24)23-14-12-22(13-15-23)11-3-4-17-5-7-18(20)8-6-17/h5-8,16H,3-4,9-15H2,1-2H3,(H,21,24). The highest BCUT2D eigenvalue weighted by Crippen LogP contribution is 2.08. The molecule has 1 saturated heterocycles. The second kappa shape index (κ2) is 9.62. The van der Waals surface area contributed by atoms with Gasteiger partial charge in [-0.25, -0.2) is 9.18 Å². The third-order valence-corrected chi connectivity index (χ3v) is 4.51. The van der Waals surface area contributed by atoms with Crippen molar-refractivity contribution in [3.05, 3.63) is 35.6 Å². The van der Waals surface area contributed by atoms with Crippen LogP contribution in [0.2, 0.25) is 0 Å². The maximum absolute atomic E-state index is 12.9. The normalized spacial score (nSPS) is 15.8. The van der Waals surface area contributed by atoms with Crippen LogP contribution in [0.3, 0.4) is 0 Å². The summed E-state index contributed by atoms with van der Waals surface area (Å²) < 4.78 is 12.9. The first-order valence-corrected chi connectivity index (χ1v) is 9.04. The van der Waals surface area contributed by atoms with Crippen LogP contribution in [0, 0.1) is 11.7 Å². The summed E-state index contributed by atoms with van der Waals surface area (Å²) in [4.78, 5) is 16.4. The van der Waals surface area contributed by atoms with E-state index in [0.29, 0.717) is 5.92 Å². The van der Waals surface area contributed by atoms with Gasteiger partial charge < -0.3 is 10.2 Å². The molecule has 1 aliphatic heterocycles. The minimum atomic E-state index is -0.179. The van der Waals surface area contributed by atoms with Crippen LogP contribution < -0.4 is 5.32 Å². The Morgan fingerprint density at radius 2 is 1.83 bits per heavy atom. The number of hydrogen-bond acceptors (Lipinski definition) is 2. The fourth-order valence-electron chi connectivity index (χ4n) is 2.91. The molecule has 1 N–H and O–H groups in total. The topological polar surface area (TPSA) is 35.6 Å². The molecule has 5 heteroatoms. The largest absolute Gasteiger partial charge is 0.338 e. The molecule has 24 heavy (non-hydrogen) atoms. The molecule has 0 atom stereocenters. The van der Waals surface area contributed by atoms with E-state index in [9.17, 15) is 9.18 Å². The molecule has 0 bridgehead atoms. The van der Waals surface area contributed by atoms with E-state index in [1.54, 1.807) is 0 Å². The molecular formula is C19H30FN3O. The van der Waals surface area contributed by atoms with E-state index in [4.69, 9.17) is 0 Å². The van der Waals surface area contributed by atoms with Gasteiger partial charge in [0.25, 0.3) is 0 Å². The SMILES string of the molecule is CC(C)CCNC(=O)N1CCN(CCCc2ccc(F)cc2)CC1. The molecule has 1 aromatic rings. The first-order chi connectivity index (χ1) is 11.5. The zero-order valence-electron chi connectivity index (χ0n) is 14.9. The smallest absolute Gasteiger partial charge is 0.317 e. The molecule has 1 heterocycles. The number of aryl methyl sites for hydroxylation is 1. The first-order valence-electron chi connectivity index (χ1n) is 9.04. The summed E-state index contributed by atoms with van der Waals surface area (Å²) >= 11 is 0. The summed E-state index contributed by atoms with van der Waals surface area (Å²) in [6.45, 7) is 9.57. The van der Waals surface area contributed by atoms with E-state index in [2.05, 4.69) is 24.1 Å². The lowest BCUT2D eigenvalue weighted by Gasteiger charge is -2.34. The van der Waals surface area contributed by atoms with E-state index in [0.717, 1.165) is 58.5 Å². The van der Waals surface area contributed by atoms with Gasteiger partial charge in [-0.05, 0) is 49.4 Å². The maximum atomic E-state index is 12.9. The third kappa shape index (κ3) is 6.48. The highest BCUT2D eigenvalue weighted by Gasteiger charge is 2.20. The summed E-state index contributed by atoms with van der Waals surface area (Å²) in [5.41, 5.74) is 1.18. The number of urea groups is 1. The number of piperazine rings is 1. The van der Waals surface area contributed by atoms with Crippen molar-refractivity contribution < 1.29 is 9.18 Å². The molecule has 1 fully saturated rings. The van der Waals surface area contributed by atoms with Crippen molar-refractivity contribution in [1.29, 1.82) is 0 Å². The zero-order valence-corrected chi connectivity index (χ0v) is 14.9. The number of rotatable bonds is 7. The quantitative estimate of drug-likeness (QED) is 0.831. The fraction of sp³-hybridized carbons (Fsp3) is 0.632. The van der Waals surface area contributed by atoms with Crippen LogP contribution in [-0.2, 0) is 6.42 Å². The van der Waals surface area contributed by atoms with Crippen molar-refractivity contribution in [3.8, 4) is 0 Å². The van der Waals surface area contributed by atoms with Gasteiger partial charge in [-0.1, -0.05) is 26.0 Å². The Bertz CT molecular complexity index is 496. The average molecular weight is 335 g/mol. The second-order valence-corrected chi connectivity index (χ2v) is 6.97. The molecule has 0 radical (unpaired) electrons. The van der Waals surface area contributed by atoms with Crippen molar-refractivity contribution in [2.24, 2.45) is 5.92 Å². The van der Waals surface area contributed by atoms with Crippen molar-refractivity contribution in [3.63, 3.8) is 0 Å². The third-order valence-electron chi connectivity index (χ3n) is 4.51. The summed E-state index contributed by atoms with van der Waals surface area (Å²) in [5.74, 6) is 0.435. The van der Waals surface area contributed by atoms with Crippen molar-refractivity contribution >= 4 is 6.03 Å². The highest BCUT2D eigenvalue weighted by molar-refractivity contribution is 5.74. The number of benzene rings is 1. The zero-order chi connectivity index (χ0) is 17.4. The Kier molecular flexibility index (Phi) is 7.50. The Morgan fingerprint density at radius 3 is 2.46 bits per heavy atom. The van der Waals surface area contributed by atoms with Crippen molar-refractivity contribution in [2.45, 2.75) is 33.1 Å². The molecule has 0 aliphatic carbocycles. The summed E-state index contributed by atoms with van der Waals surface area (Å²) in [5, 5.41) is 3.01. The lowest BCUT2D eigenvalue weighted by atomic mass is 10.1. The predicted molar refractivity (Wildman–Crippen MR) is 95.6 cm³/mol. The Balaban J connectivity index is 1.60. The number of amides is 2. The van der Waals surface area contributed by atoms with Gasteiger partial charge in [0.1, 0.15) is 5.82 Å². The molecule has 0 aromatic heterocycles. The van der Waals surface area contributed by atoms with Gasteiger partial charge in [-0.3, -0.25) is 4.90 Å². The molecule has 134 valence electrons.